The van der Waals surface area contributed by atoms with Gasteiger partial charge in [-0.15, -0.1) is 0 Å². The third-order valence-electron chi connectivity index (χ3n) is 10.6. The molecule has 1 aliphatic heterocycles. The first-order chi connectivity index (χ1) is 25.3. The van der Waals surface area contributed by atoms with Gasteiger partial charge in [0.2, 0.25) is 5.91 Å². The molecule has 9 nitrogen and oxygen atoms in total. The zero-order valence-corrected chi connectivity index (χ0v) is 33.6. The number of aliphatic hydroxyl groups is 5. The van der Waals surface area contributed by atoms with Crippen molar-refractivity contribution in [1.29, 1.82) is 0 Å². The maximum atomic E-state index is 12.9. The predicted octanol–water partition coefficient (Wildman–Crippen LogP) is 8.56. The summed E-state index contributed by atoms with van der Waals surface area (Å²) >= 11 is 0. The lowest BCUT2D eigenvalue weighted by Crippen LogP contribution is -2.60. The average molecular weight is 742 g/mol. The first-order valence-electron chi connectivity index (χ1n) is 21.9. The molecule has 1 rings (SSSR count). The Bertz CT molecular complexity index is 827. The molecule has 1 heterocycles. The number of hydrogen-bond donors (Lipinski definition) is 6. The Morgan fingerprint density at radius 1 is 0.635 bits per heavy atom. The van der Waals surface area contributed by atoms with Gasteiger partial charge in [-0.05, 0) is 38.5 Å². The summed E-state index contributed by atoms with van der Waals surface area (Å²) in [6.07, 6.45) is 30.8. The second-order valence-corrected chi connectivity index (χ2v) is 15.5. The van der Waals surface area contributed by atoms with E-state index in [0.717, 1.165) is 38.5 Å². The Kier molecular flexibility index (Phi) is 32.4. The summed E-state index contributed by atoms with van der Waals surface area (Å²) in [5.41, 5.74) is 0. The number of carbonyl (C=O) groups excluding carboxylic acids is 1. The van der Waals surface area contributed by atoms with Crippen LogP contribution in [0.4, 0.5) is 0 Å². The molecule has 0 bridgehead atoms. The lowest BCUT2D eigenvalue weighted by Gasteiger charge is -2.40. The van der Waals surface area contributed by atoms with Crippen LogP contribution in [-0.2, 0) is 14.3 Å². The molecule has 0 aromatic carbocycles. The summed E-state index contributed by atoms with van der Waals surface area (Å²) in [6, 6.07) is -0.714. The molecule has 6 N–H and O–H groups in total. The fourth-order valence-corrected chi connectivity index (χ4v) is 7.04. The van der Waals surface area contributed by atoms with Crippen LogP contribution in [-0.4, -0.2) is 87.5 Å². The van der Waals surface area contributed by atoms with Gasteiger partial charge in [-0.25, -0.2) is 0 Å². The SMILES string of the molecule is CCCCCCCC/C=C\CCCCCCCCCCCC(=O)NC(COC1OC(CO)C(O)C(O)C1O)C(O)CCCCCCCCCCCC. The van der Waals surface area contributed by atoms with Gasteiger partial charge in [-0.2, -0.15) is 0 Å². The van der Waals surface area contributed by atoms with Gasteiger partial charge >= 0.3 is 0 Å². The Morgan fingerprint density at radius 2 is 1.08 bits per heavy atom. The number of allylic oxidation sites excluding steroid dienone is 2. The fourth-order valence-electron chi connectivity index (χ4n) is 7.04. The highest BCUT2D eigenvalue weighted by molar-refractivity contribution is 5.76. The molecule has 9 heteroatoms. The van der Waals surface area contributed by atoms with Crippen molar-refractivity contribution in [3.63, 3.8) is 0 Å². The Labute approximate surface area is 318 Å². The standard InChI is InChI=1S/C43H83NO8/c1-3-5-7-9-11-13-15-16-17-18-19-20-21-22-23-25-27-29-31-33-39(47)44-36(35-51-43-42(50)41(49)40(48)38(34-45)52-43)37(46)32-30-28-26-24-14-12-10-8-6-4-2/h16-17,36-38,40-43,45-46,48-50H,3-15,18-35H2,1-2H3,(H,44,47)/b17-16-. The Morgan fingerprint density at radius 3 is 1.56 bits per heavy atom. The summed E-state index contributed by atoms with van der Waals surface area (Å²) in [5, 5.41) is 54.1. The van der Waals surface area contributed by atoms with Crippen LogP contribution < -0.4 is 5.32 Å². The van der Waals surface area contributed by atoms with Crippen molar-refractivity contribution in [2.75, 3.05) is 13.2 Å². The number of carbonyl (C=O) groups is 1. The van der Waals surface area contributed by atoms with Crippen molar-refractivity contribution < 1.29 is 39.8 Å². The minimum atomic E-state index is -1.55. The zero-order valence-electron chi connectivity index (χ0n) is 33.6. The van der Waals surface area contributed by atoms with E-state index in [2.05, 4.69) is 31.3 Å². The second-order valence-electron chi connectivity index (χ2n) is 15.5. The van der Waals surface area contributed by atoms with E-state index >= 15 is 0 Å². The Hall–Kier alpha value is -1.07. The number of aliphatic hydroxyl groups excluding tert-OH is 5. The summed E-state index contributed by atoms with van der Waals surface area (Å²) in [5.74, 6) is -0.148. The van der Waals surface area contributed by atoms with E-state index < -0.39 is 49.5 Å². The maximum absolute atomic E-state index is 12.9. The molecule has 1 saturated heterocycles. The van der Waals surface area contributed by atoms with Gasteiger partial charge in [0, 0.05) is 6.42 Å². The van der Waals surface area contributed by atoms with Crippen LogP contribution in [0.1, 0.15) is 200 Å². The lowest BCUT2D eigenvalue weighted by atomic mass is 9.99. The molecule has 7 unspecified atom stereocenters. The third-order valence-corrected chi connectivity index (χ3v) is 10.6. The highest BCUT2D eigenvalue weighted by atomic mass is 16.7. The number of amides is 1. The minimum Gasteiger partial charge on any atom is -0.394 e. The van der Waals surface area contributed by atoms with Crippen molar-refractivity contribution in [1.82, 2.24) is 5.32 Å². The van der Waals surface area contributed by atoms with E-state index in [0.29, 0.717) is 12.8 Å². The van der Waals surface area contributed by atoms with Crippen LogP contribution in [0.3, 0.4) is 0 Å². The highest BCUT2D eigenvalue weighted by Gasteiger charge is 2.44. The number of ether oxygens (including phenoxy) is 2. The van der Waals surface area contributed by atoms with Crippen molar-refractivity contribution in [2.45, 2.75) is 243 Å². The molecule has 0 spiro atoms. The van der Waals surface area contributed by atoms with E-state index in [4.69, 9.17) is 9.47 Å². The van der Waals surface area contributed by atoms with Gasteiger partial charge < -0.3 is 40.3 Å². The van der Waals surface area contributed by atoms with Gasteiger partial charge in [0.05, 0.1) is 25.4 Å². The molecule has 1 aliphatic rings. The molecule has 7 atom stereocenters. The van der Waals surface area contributed by atoms with Crippen molar-refractivity contribution >= 4 is 5.91 Å². The zero-order chi connectivity index (χ0) is 38.1. The molecular weight excluding hydrogens is 658 g/mol. The molecule has 1 fully saturated rings. The molecule has 308 valence electrons. The van der Waals surface area contributed by atoms with Gasteiger partial charge in [0.25, 0.3) is 0 Å². The van der Waals surface area contributed by atoms with Crippen LogP contribution in [0.25, 0.3) is 0 Å². The normalized spacial score (nSPS) is 21.9. The molecule has 52 heavy (non-hydrogen) atoms. The predicted molar refractivity (Wildman–Crippen MR) is 212 cm³/mol. The molecule has 0 aromatic rings. The van der Waals surface area contributed by atoms with Crippen LogP contribution in [0, 0.1) is 0 Å². The van der Waals surface area contributed by atoms with Crippen molar-refractivity contribution in [2.24, 2.45) is 0 Å². The molecule has 1 amide bonds. The third kappa shape index (κ3) is 25.1. The van der Waals surface area contributed by atoms with E-state index in [1.165, 1.54) is 135 Å². The largest absolute Gasteiger partial charge is 0.394 e. The smallest absolute Gasteiger partial charge is 0.220 e. The monoisotopic (exact) mass is 742 g/mol. The van der Waals surface area contributed by atoms with Gasteiger partial charge in [0.15, 0.2) is 6.29 Å². The topological polar surface area (TPSA) is 149 Å². The maximum Gasteiger partial charge on any atom is 0.220 e. The number of nitrogens with one attached hydrogen (secondary N) is 1. The van der Waals surface area contributed by atoms with E-state index in [9.17, 15) is 30.3 Å². The second kappa shape index (κ2) is 34.4. The van der Waals surface area contributed by atoms with Crippen molar-refractivity contribution in [3.05, 3.63) is 12.2 Å². The minimum absolute atomic E-state index is 0.136. The molecule has 0 aliphatic carbocycles. The first-order valence-corrected chi connectivity index (χ1v) is 21.9. The van der Waals surface area contributed by atoms with E-state index in [1.54, 1.807) is 0 Å². The first kappa shape index (κ1) is 48.9. The summed E-state index contributed by atoms with van der Waals surface area (Å²) in [4.78, 5) is 12.9. The Balaban J connectivity index is 2.30. The van der Waals surface area contributed by atoms with E-state index in [1.807, 2.05) is 0 Å². The summed E-state index contributed by atoms with van der Waals surface area (Å²) in [6.45, 7) is 3.81. The fraction of sp³-hybridized carbons (Fsp3) is 0.930. The van der Waals surface area contributed by atoms with E-state index in [-0.39, 0.29) is 12.5 Å². The summed E-state index contributed by atoms with van der Waals surface area (Å²) < 4.78 is 11.2. The van der Waals surface area contributed by atoms with Crippen LogP contribution in [0.5, 0.6) is 0 Å². The van der Waals surface area contributed by atoms with Crippen molar-refractivity contribution in [3.8, 4) is 0 Å². The molecular formula is C43H83NO8. The van der Waals surface area contributed by atoms with Gasteiger partial charge in [0.1, 0.15) is 24.4 Å². The number of hydrogen-bond acceptors (Lipinski definition) is 8. The van der Waals surface area contributed by atoms with Crippen LogP contribution in [0.2, 0.25) is 0 Å². The number of unbranched alkanes of at least 4 members (excludes halogenated alkanes) is 24. The van der Waals surface area contributed by atoms with Crippen LogP contribution in [0.15, 0.2) is 12.2 Å². The molecule has 0 radical (unpaired) electrons. The van der Waals surface area contributed by atoms with Crippen LogP contribution >= 0.6 is 0 Å². The molecule has 0 aromatic heterocycles. The highest BCUT2D eigenvalue weighted by Crippen LogP contribution is 2.23. The number of rotatable bonds is 36. The summed E-state index contributed by atoms with van der Waals surface area (Å²) in [7, 11) is 0. The van der Waals surface area contributed by atoms with Gasteiger partial charge in [-0.1, -0.05) is 167 Å². The quantitative estimate of drug-likeness (QED) is 0.0277. The van der Waals surface area contributed by atoms with Gasteiger partial charge in [-0.3, -0.25) is 4.79 Å². The lowest BCUT2D eigenvalue weighted by molar-refractivity contribution is -0.302. The average Bonchev–Trinajstić information content (AvgIpc) is 3.14. The molecule has 0 saturated carbocycles.